The van der Waals surface area contributed by atoms with Crippen LogP contribution in [0.2, 0.25) is 0 Å². The van der Waals surface area contributed by atoms with E-state index in [2.05, 4.69) is 56.3 Å². The third-order valence-corrected chi connectivity index (χ3v) is 3.94. The molecule has 19 heavy (non-hydrogen) atoms. The smallest absolute Gasteiger partial charge is 0.0130 e. The van der Waals surface area contributed by atoms with Crippen LogP contribution in [0.5, 0.6) is 0 Å². The number of unbranched alkanes of at least 4 members (excludes halogenated alkanes) is 5. The van der Waals surface area contributed by atoms with Gasteiger partial charge in [-0.1, -0.05) is 75.8 Å². The quantitative estimate of drug-likeness (QED) is 0.541. The first-order chi connectivity index (χ1) is 9.24. The predicted octanol–water partition coefficient (Wildman–Crippen LogP) is 4.91. The van der Waals surface area contributed by atoms with Crippen LogP contribution in [0.3, 0.4) is 0 Å². The van der Waals surface area contributed by atoms with Gasteiger partial charge < -0.3 is 4.90 Å². The van der Waals surface area contributed by atoms with Crippen molar-refractivity contribution in [2.75, 3.05) is 14.1 Å². The molecule has 0 aliphatic heterocycles. The first-order valence-electron chi connectivity index (χ1n) is 7.94. The normalized spacial score (nSPS) is 12.8. The van der Waals surface area contributed by atoms with Crippen molar-refractivity contribution in [3.8, 4) is 0 Å². The maximum absolute atomic E-state index is 2.39. The van der Waals surface area contributed by atoms with E-state index in [4.69, 9.17) is 0 Å². The number of rotatable bonds is 10. The summed E-state index contributed by atoms with van der Waals surface area (Å²) in [5.41, 5.74) is 1.46. The SMILES string of the molecule is CCCCCCCCC(Cc1ccccc1)N(C)C. The van der Waals surface area contributed by atoms with Crippen LogP contribution in [0.15, 0.2) is 30.3 Å². The minimum absolute atomic E-state index is 0.688. The Hall–Kier alpha value is -0.820. The van der Waals surface area contributed by atoms with E-state index >= 15 is 0 Å². The molecule has 1 unspecified atom stereocenters. The molecule has 0 aromatic heterocycles. The maximum Gasteiger partial charge on any atom is 0.0130 e. The third-order valence-electron chi connectivity index (χ3n) is 3.94. The number of nitrogens with zero attached hydrogens (tertiary/aromatic N) is 1. The van der Waals surface area contributed by atoms with Crippen LogP contribution >= 0.6 is 0 Å². The van der Waals surface area contributed by atoms with Crippen molar-refractivity contribution in [2.45, 2.75) is 64.3 Å². The summed E-state index contributed by atoms with van der Waals surface area (Å²) >= 11 is 0. The highest BCUT2D eigenvalue weighted by molar-refractivity contribution is 5.15. The Bertz CT molecular complexity index is 305. The molecule has 1 aromatic carbocycles. The van der Waals surface area contributed by atoms with Crippen LogP contribution in [0.4, 0.5) is 0 Å². The largest absolute Gasteiger partial charge is 0.306 e. The molecule has 1 atom stereocenters. The number of hydrogen-bond acceptors (Lipinski definition) is 1. The summed E-state index contributed by atoms with van der Waals surface area (Å²) in [6.07, 6.45) is 10.9. The fourth-order valence-corrected chi connectivity index (χ4v) is 2.59. The zero-order valence-corrected chi connectivity index (χ0v) is 13.1. The monoisotopic (exact) mass is 261 g/mol. The molecule has 108 valence electrons. The Balaban J connectivity index is 2.25. The minimum atomic E-state index is 0.688. The zero-order valence-electron chi connectivity index (χ0n) is 13.1. The Morgan fingerprint density at radius 2 is 1.53 bits per heavy atom. The van der Waals surface area contributed by atoms with E-state index in [-0.39, 0.29) is 0 Å². The molecule has 0 aliphatic rings. The van der Waals surface area contributed by atoms with E-state index in [0.29, 0.717) is 6.04 Å². The molecule has 1 heteroatoms. The topological polar surface area (TPSA) is 3.24 Å². The van der Waals surface area contributed by atoms with Crippen LogP contribution in [-0.2, 0) is 6.42 Å². The van der Waals surface area contributed by atoms with Gasteiger partial charge in [0.15, 0.2) is 0 Å². The standard InChI is InChI=1S/C18H31N/c1-4-5-6-7-8-12-15-18(19(2)3)16-17-13-10-9-11-14-17/h9-11,13-14,18H,4-8,12,15-16H2,1-3H3. The summed E-state index contributed by atoms with van der Waals surface area (Å²) in [5.74, 6) is 0. The second-order valence-corrected chi connectivity index (χ2v) is 5.86. The van der Waals surface area contributed by atoms with Crippen molar-refractivity contribution >= 4 is 0 Å². The molecule has 1 aromatic rings. The molecule has 0 aliphatic carbocycles. The average molecular weight is 261 g/mol. The van der Waals surface area contributed by atoms with E-state index in [1.807, 2.05) is 0 Å². The maximum atomic E-state index is 2.39. The van der Waals surface area contributed by atoms with Gasteiger partial charge in [-0.15, -0.1) is 0 Å². The lowest BCUT2D eigenvalue weighted by molar-refractivity contribution is 0.269. The number of benzene rings is 1. The number of hydrogen-bond donors (Lipinski definition) is 0. The molecule has 0 N–H and O–H groups in total. The van der Waals surface area contributed by atoms with Gasteiger partial charge in [0.1, 0.15) is 0 Å². The van der Waals surface area contributed by atoms with Crippen LogP contribution in [0.25, 0.3) is 0 Å². The summed E-state index contributed by atoms with van der Waals surface area (Å²) < 4.78 is 0. The molecule has 0 bridgehead atoms. The van der Waals surface area contributed by atoms with Gasteiger partial charge in [-0.25, -0.2) is 0 Å². The Morgan fingerprint density at radius 3 is 2.16 bits per heavy atom. The van der Waals surface area contributed by atoms with E-state index in [0.717, 1.165) is 0 Å². The average Bonchev–Trinajstić information content (AvgIpc) is 2.42. The summed E-state index contributed by atoms with van der Waals surface area (Å²) in [4.78, 5) is 2.39. The lowest BCUT2D eigenvalue weighted by atomic mass is 9.99. The zero-order chi connectivity index (χ0) is 13.9. The highest BCUT2D eigenvalue weighted by Gasteiger charge is 2.11. The lowest BCUT2D eigenvalue weighted by Gasteiger charge is -2.24. The van der Waals surface area contributed by atoms with Crippen molar-refractivity contribution in [2.24, 2.45) is 0 Å². The molecule has 1 rings (SSSR count). The van der Waals surface area contributed by atoms with Gasteiger partial charge in [-0.2, -0.15) is 0 Å². The highest BCUT2D eigenvalue weighted by Crippen LogP contribution is 2.14. The molecular formula is C18H31N. The van der Waals surface area contributed by atoms with E-state index in [1.54, 1.807) is 0 Å². The van der Waals surface area contributed by atoms with Gasteiger partial charge in [-0.05, 0) is 32.5 Å². The molecule has 1 nitrogen and oxygen atoms in total. The van der Waals surface area contributed by atoms with Gasteiger partial charge in [0.05, 0.1) is 0 Å². The second-order valence-electron chi connectivity index (χ2n) is 5.86. The molecule has 0 heterocycles. The summed E-state index contributed by atoms with van der Waals surface area (Å²) in [7, 11) is 4.43. The van der Waals surface area contributed by atoms with Crippen LogP contribution in [0, 0.1) is 0 Å². The second kappa shape index (κ2) is 10.0. The molecule has 0 saturated carbocycles. The molecule has 0 saturated heterocycles. The van der Waals surface area contributed by atoms with Gasteiger partial charge in [0.25, 0.3) is 0 Å². The Morgan fingerprint density at radius 1 is 0.895 bits per heavy atom. The van der Waals surface area contributed by atoms with E-state index < -0.39 is 0 Å². The molecule has 0 fully saturated rings. The van der Waals surface area contributed by atoms with Crippen molar-refractivity contribution in [3.63, 3.8) is 0 Å². The minimum Gasteiger partial charge on any atom is -0.306 e. The van der Waals surface area contributed by atoms with Crippen LogP contribution in [-0.4, -0.2) is 25.0 Å². The Labute approximate surface area is 120 Å². The molecular weight excluding hydrogens is 230 g/mol. The fraction of sp³-hybridized carbons (Fsp3) is 0.667. The van der Waals surface area contributed by atoms with Gasteiger partial charge in [0.2, 0.25) is 0 Å². The van der Waals surface area contributed by atoms with Gasteiger partial charge >= 0.3 is 0 Å². The van der Waals surface area contributed by atoms with Crippen LogP contribution in [0.1, 0.15) is 57.4 Å². The third kappa shape index (κ3) is 7.37. The van der Waals surface area contributed by atoms with E-state index in [9.17, 15) is 0 Å². The summed E-state index contributed by atoms with van der Waals surface area (Å²) in [6, 6.07) is 11.6. The van der Waals surface area contributed by atoms with Crippen molar-refractivity contribution < 1.29 is 0 Å². The Kier molecular flexibility index (Phi) is 8.57. The summed E-state index contributed by atoms with van der Waals surface area (Å²) in [5, 5.41) is 0. The van der Waals surface area contributed by atoms with Crippen molar-refractivity contribution in [1.82, 2.24) is 4.90 Å². The fourth-order valence-electron chi connectivity index (χ4n) is 2.59. The lowest BCUT2D eigenvalue weighted by Crippen LogP contribution is -2.30. The first kappa shape index (κ1) is 16.2. The van der Waals surface area contributed by atoms with Gasteiger partial charge in [-0.3, -0.25) is 0 Å². The van der Waals surface area contributed by atoms with E-state index in [1.165, 1.54) is 56.9 Å². The molecule has 0 spiro atoms. The summed E-state index contributed by atoms with van der Waals surface area (Å²) in [6.45, 7) is 2.28. The van der Waals surface area contributed by atoms with Crippen molar-refractivity contribution in [1.29, 1.82) is 0 Å². The highest BCUT2D eigenvalue weighted by atomic mass is 15.1. The number of likely N-dealkylation sites (N-methyl/N-ethyl adjacent to an activating group) is 1. The van der Waals surface area contributed by atoms with Crippen molar-refractivity contribution in [3.05, 3.63) is 35.9 Å². The van der Waals surface area contributed by atoms with Gasteiger partial charge in [0, 0.05) is 6.04 Å². The molecule has 0 amide bonds. The van der Waals surface area contributed by atoms with Crippen LogP contribution < -0.4 is 0 Å². The first-order valence-corrected chi connectivity index (χ1v) is 7.94. The molecule has 0 radical (unpaired) electrons. The predicted molar refractivity (Wildman–Crippen MR) is 85.6 cm³/mol.